The van der Waals surface area contributed by atoms with E-state index in [0.29, 0.717) is 6.54 Å². The summed E-state index contributed by atoms with van der Waals surface area (Å²) in [6, 6.07) is 13.9. The van der Waals surface area contributed by atoms with E-state index >= 15 is 0 Å². The molecule has 0 radical (unpaired) electrons. The van der Waals surface area contributed by atoms with Gasteiger partial charge in [0.2, 0.25) is 0 Å². The Morgan fingerprint density at radius 2 is 1.94 bits per heavy atom. The molecule has 0 bridgehead atoms. The molecule has 0 saturated carbocycles. The highest BCUT2D eigenvalue weighted by Crippen LogP contribution is 2.19. The topological polar surface area (TPSA) is 32.3 Å². The van der Waals surface area contributed by atoms with Crippen molar-refractivity contribution in [3.63, 3.8) is 0 Å². The van der Waals surface area contributed by atoms with Crippen LogP contribution in [0.1, 0.15) is 17.4 Å². The largest absolute Gasteiger partial charge is 0.384 e. The molecule has 0 aliphatic heterocycles. The molecule has 0 aliphatic rings. The molecule has 0 spiro atoms. The van der Waals surface area contributed by atoms with E-state index in [9.17, 15) is 5.11 Å². The van der Waals surface area contributed by atoms with Gasteiger partial charge < -0.3 is 10.4 Å². The van der Waals surface area contributed by atoms with Gasteiger partial charge in [0, 0.05) is 18.0 Å². The third-order valence-electron chi connectivity index (χ3n) is 2.74. The molecule has 3 heteroatoms. The minimum Gasteiger partial charge on any atom is -0.384 e. The third kappa shape index (κ3) is 3.40. The number of nitrogens with one attached hydrogen (secondary N) is 1. The fraction of sp³-hybridized carbons (Fsp3) is 0.286. The Bertz CT molecular complexity index is 437. The van der Waals surface area contributed by atoms with Crippen molar-refractivity contribution in [2.45, 2.75) is 19.1 Å². The van der Waals surface area contributed by atoms with Crippen LogP contribution in [0, 0.1) is 0 Å². The number of rotatable bonds is 5. The van der Waals surface area contributed by atoms with Gasteiger partial charge in [-0.2, -0.15) is 0 Å². The third-order valence-corrected chi connectivity index (χ3v) is 3.62. The predicted octanol–water partition coefficient (Wildman–Crippen LogP) is 2.75. The normalized spacial score (nSPS) is 14.5. The van der Waals surface area contributed by atoms with Crippen LogP contribution in [0.3, 0.4) is 0 Å². The lowest BCUT2D eigenvalue weighted by molar-refractivity contribution is 0.0567. The van der Waals surface area contributed by atoms with Gasteiger partial charge in [0.1, 0.15) is 0 Å². The maximum atomic E-state index is 10.4. The first-order valence-corrected chi connectivity index (χ1v) is 6.57. The summed E-state index contributed by atoms with van der Waals surface area (Å²) in [5.74, 6) is 0. The molecule has 17 heavy (non-hydrogen) atoms. The first-order chi connectivity index (χ1) is 8.18. The van der Waals surface area contributed by atoms with Gasteiger partial charge in [-0.25, -0.2) is 0 Å². The number of hydrogen-bond donors (Lipinski definition) is 2. The van der Waals surface area contributed by atoms with Crippen molar-refractivity contribution in [2.75, 3.05) is 6.54 Å². The number of aliphatic hydroxyl groups is 1. The maximum Gasteiger partial charge on any atom is 0.0992 e. The molecule has 2 nitrogen and oxygen atoms in total. The SMILES string of the molecule is CC(O)(CNCc1cccs1)c1ccccc1. The highest BCUT2D eigenvalue weighted by molar-refractivity contribution is 7.09. The first-order valence-electron chi connectivity index (χ1n) is 5.69. The van der Waals surface area contributed by atoms with Gasteiger partial charge in [0.15, 0.2) is 0 Å². The standard InChI is InChI=1S/C14H17NOS/c1-14(16,12-6-3-2-4-7-12)11-15-10-13-8-5-9-17-13/h2-9,15-16H,10-11H2,1H3. The van der Waals surface area contributed by atoms with E-state index in [1.807, 2.05) is 43.3 Å². The quantitative estimate of drug-likeness (QED) is 0.851. The van der Waals surface area contributed by atoms with Crippen molar-refractivity contribution in [1.29, 1.82) is 0 Å². The zero-order chi connectivity index (χ0) is 12.1. The zero-order valence-electron chi connectivity index (χ0n) is 9.89. The molecule has 0 aliphatic carbocycles. The highest BCUT2D eigenvalue weighted by Gasteiger charge is 2.21. The summed E-state index contributed by atoms with van der Waals surface area (Å²) in [6.07, 6.45) is 0. The second-order valence-corrected chi connectivity index (χ2v) is 5.36. The number of hydrogen-bond acceptors (Lipinski definition) is 3. The maximum absolute atomic E-state index is 10.4. The van der Waals surface area contributed by atoms with Gasteiger partial charge in [-0.15, -0.1) is 11.3 Å². The van der Waals surface area contributed by atoms with Crippen LogP contribution in [0.4, 0.5) is 0 Å². The molecule has 1 heterocycles. The van der Waals surface area contributed by atoms with E-state index in [2.05, 4.69) is 16.8 Å². The van der Waals surface area contributed by atoms with E-state index in [-0.39, 0.29) is 0 Å². The molecule has 1 aromatic heterocycles. The molecule has 2 aromatic rings. The highest BCUT2D eigenvalue weighted by atomic mass is 32.1. The van der Waals surface area contributed by atoms with Crippen LogP contribution in [0.5, 0.6) is 0 Å². The van der Waals surface area contributed by atoms with Crippen LogP contribution in [0.15, 0.2) is 47.8 Å². The molecular formula is C14H17NOS. The van der Waals surface area contributed by atoms with Gasteiger partial charge in [-0.3, -0.25) is 0 Å². The molecule has 1 atom stereocenters. The summed E-state index contributed by atoms with van der Waals surface area (Å²) in [4.78, 5) is 1.29. The molecular weight excluding hydrogens is 230 g/mol. The Morgan fingerprint density at radius 1 is 1.18 bits per heavy atom. The molecule has 2 N–H and O–H groups in total. The number of thiophene rings is 1. The molecule has 0 saturated heterocycles. The Hall–Kier alpha value is -1.16. The van der Waals surface area contributed by atoms with E-state index < -0.39 is 5.60 Å². The summed E-state index contributed by atoms with van der Waals surface area (Å²) in [6.45, 7) is 3.19. The molecule has 2 rings (SSSR count). The van der Waals surface area contributed by atoms with Crippen LogP contribution < -0.4 is 5.32 Å². The van der Waals surface area contributed by atoms with E-state index in [1.54, 1.807) is 11.3 Å². The second-order valence-electron chi connectivity index (χ2n) is 4.32. The van der Waals surface area contributed by atoms with Gasteiger partial charge in [-0.05, 0) is 23.9 Å². The Morgan fingerprint density at radius 3 is 2.59 bits per heavy atom. The van der Waals surface area contributed by atoms with Gasteiger partial charge >= 0.3 is 0 Å². The van der Waals surface area contributed by atoms with Crippen LogP contribution in [-0.2, 0) is 12.1 Å². The lowest BCUT2D eigenvalue weighted by Crippen LogP contribution is -2.34. The molecule has 0 amide bonds. The number of benzene rings is 1. The Kier molecular flexibility index (Phi) is 3.94. The smallest absolute Gasteiger partial charge is 0.0992 e. The van der Waals surface area contributed by atoms with Gasteiger partial charge in [-0.1, -0.05) is 36.4 Å². The van der Waals surface area contributed by atoms with Crippen molar-refractivity contribution >= 4 is 11.3 Å². The second kappa shape index (κ2) is 5.45. The summed E-state index contributed by atoms with van der Waals surface area (Å²) in [7, 11) is 0. The predicted molar refractivity (Wildman–Crippen MR) is 72.0 cm³/mol. The van der Waals surface area contributed by atoms with Crippen molar-refractivity contribution in [2.24, 2.45) is 0 Å². The fourth-order valence-corrected chi connectivity index (χ4v) is 2.42. The lowest BCUT2D eigenvalue weighted by Gasteiger charge is -2.24. The van der Waals surface area contributed by atoms with Gasteiger partial charge in [0.05, 0.1) is 5.60 Å². The van der Waals surface area contributed by atoms with Crippen LogP contribution in [0.25, 0.3) is 0 Å². The van der Waals surface area contributed by atoms with Crippen LogP contribution in [0.2, 0.25) is 0 Å². The monoisotopic (exact) mass is 247 g/mol. The van der Waals surface area contributed by atoms with Crippen molar-refractivity contribution in [1.82, 2.24) is 5.32 Å². The summed E-state index contributed by atoms with van der Waals surface area (Å²) >= 11 is 1.73. The average molecular weight is 247 g/mol. The zero-order valence-corrected chi connectivity index (χ0v) is 10.7. The summed E-state index contributed by atoms with van der Waals surface area (Å²) in [5, 5.41) is 15.7. The van der Waals surface area contributed by atoms with E-state index in [4.69, 9.17) is 0 Å². The van der Waals surface area contributed by atoms with E-state index in [0.717, 1.165) is 12.1 Å². The van der Waals surface area contributed by atoms with Crippen LogP contribution in [-0.4, -0.2) is 11.7 Å². The Balaban J connectivity index is 1.90. The average Bonchev–Trinajstić information content (AvgIpc) is 2.83. The Labute approximate surface area is 106 Å². The molecule has 0 fully saturated rings. The fourth-order valence-electron chi connectivity index (χ4n) is 1.74. The minimum atomic E-state index is -0.821. The molecule has 1 unspecified atom stereocenters. The van der Waals surface area contributed by atoms with Crippen molar-refractivity contribution in [3.05, 3.63) is 58.3 Å². The summed E-state index contributed by atoms with van der Waals surface area (Å²) < 4.78 is 0. The van der Waals surface area contributed by atoms with Crippen molar-refractivity contribution < 1.29 is 5.11 Å². The molecule has 90 valence electrons. The lowest BCUT2D eigenvalue weighted by atomic mass is 9.96. The van der Waals surface area contributed by atoms with Gasteiger partial charge in [0.25, 0.3) is 0 Å². The van der Waals surface area contributed by atoms with Crippen molar-refractivity contribution in [3.8, 4) is 0 Å². The van der Waals surface area contributed by atoms with E-state index in [1.165, 1.54) is 4.88 Å². The summed E-state index contributed by atoms with van der Waals surface area (Å²) in [5.41, 5.74) is 0.122. The molecule has 1 aromatic carbocycles. The van der Waals surface area contributed by atoms with Crippen LogP contribution >= 0.6 is 11.3 Å². The first kappa shape index (κ1) is 12.3. The minimum absolute atomic E-state index is 0.551.